The second kappa shape index (κ2) is 14.6. The van der Waals surface area contributed by atoms with Crippen molar-refractivity contribution in [3.8, 4) is 0 Å². The third-order valence-electron chi connectivity index (χ3n) is 9.87. The SMILES string of the molecule is C=Cc1c(C)c2cc3nc(c(CC(=O)O)c4nc(cc5[nH]c(cc1[nH]2)c(C)c5CC)C(C)=C4C(=O)NCCCO)C(CCC(=O)NC)C3C. The highest BCUT2D eigenvalue weighted by atomic mass is 16.4. The number of hydrogen-bond acceptors (Lipinski definition) is 6. The molecule has 0 saturated heterocycles. The molecule has 49 heavy (non-hydrogen) atoms. The second-order valence-electron chi connectivity index (χ2n) is 12.8. The van der Waals surface area contributed by atoms with Crippen molar-refractivity contribution in [3.63, 3.8) is 0 Å². The van der Waals surface area contributed by atoms with Crippen LogP contribution in [0.15, 0.2) is 24.8 Å². The number of nitrogens with zero attached hydrogens (tertiary/aromatic N) is 2. The molecule has 0 fully saturated rings. The van der Waals surface area contributed by atoms with E-state index in [1.807, 2.05) is 39.0 Å². The van der Waals surface area contributed by atoms with Gasteiger partial charge in [0.05, 0.1) is 29.1 Å². The molecular weight excluding hydrogens is 620 g/mol. The van der Waals surface area contributed by atoms with Crippen LogP contribution in [0.2, 0.25) is 0 Å². The van der Waals surface area contributed by atoms with Crippen LogP contribution in [0.4, 0.5) is 0 Å². The average molecular weight is 667 g/mol. The number of fused-ring (bicyclic) bond motifs is 8. The number of aromatic amines is 2. The van der Waals surface area contributed by atoms with Gasteiger partial charge in [-0.2, -0.15) is 0 Å². The van der Waals surface area contributed by atoms with Crippen molar-refractivity contribution < 1.29 is 24.6 Å². The number of aromatic nitrogens is 4. The van der Waals surface area contributed by atoms with Crippen molar-refractivity contribution in [3.05, 3.63) is 75.4 Å². The first-order valence-corrected chi connectivity index (χ1v) is 16.8. The number of aliphatic carboxylic acids is 1. The Bertz CT molecular complexity index is 2040. The molecule has 6 N–H and O–H groups in total. The van der Waals surface area contributed by atoms with Crippen molar-refractivity contribution in [2.75, 3.05) is 20.2 Å². The third-order valence-corrected chi connectivity index (χ3v) is 9.87. The monoisotopic (exact) mass is 666 g/mol. The number of carboxylic acid groups (broad SMARTS) is 1. The van der Waals surface area contributed by atoms with Crippen molar-refractivity contribution in [2.24, 2.45) is 0 Å². The molecule has 11 heteroatoms. The number of carbonyl (C=O) groups excluding carboxylic acids is 2. The molecule has 0 saturated carbocycles. The number of aryl methyl sites for hydroxylation is 3. The van der Waals surface area contributed by atoms with Gasteiger partial charge in [-0.25, -0.2) is 4.98 Å². The van der Waals surface area contributed by atoms with E-state index in [9.17, 15) is 24.6 Å². The maximum absolute atomic E-state index is 13.9. The molecule has 8 bridgehead atoms. The number of aliphatic hydroxyl groups is 1. The van der Waals surface area contributed by atoms with Crippen LogP contribution in [-0.2, 0) is 27.2 Å². The van der Waals surface area contributed by atoms with E-state index in [1.54, 1.807) is 7.05 Å². The van der Waals surface area contributed by atoms with Crippen LogP contribution in [0, 0.1) is 13.8 Å². The number of aliphatic hydroxyl groups excluding tert-OH is 1. The maximum atomic E-state index is 13.9. The number of rotatable bonds is 11. The molecule has 5 heterocycles. The summed E-state index contributed by atoms with van der Waals surface area (Å²) in [5.74, 6) is -2.12. The molecule has 258 valence electrons. The van der Waals surface area contributed by atoms with E-state index in [0.717, 1.165) is 56.4 Å². The summed E-state index contributed by atoms with van der Waals surface area (Å²) in [5.41, 5.74) is 10.9. The second-order valence-corrected chi connectivity index (χ2v) is 12.8. The fraction of sp³-hybridized carbons (Fsp3) is 0.395. The van der Waals surface area contributed by atoms with E-state index in [2.05, 4.69) is 47.1 Å². The lowest BCUT2D eigenvalue weighted by Crippen LogP contribution is -2.26. The van der Waals surface area contributed by atoms with Gasteiger partial charge >= 0.3 is 5.97 Å². The minimum atomic E-state index is -1.09. The topological polar surface area (TPSA) is 173 Å². The molecule has 0 spiro atoms. The summed E-state index contributed by atoms with van der Waals surface area (Å²) < 4.78 is 0. The molecule has 2 aliphatic heterocycles. The van der Waals surface area contributed by atoms with Gasteiger partial charge < -0.3 is 30.8 Å². The lowest BCUT2D eigenvalue weighted by Gasteiger charge is -2.18. The van der Waals surface area contributed by atoms with E-state index in [1.165, 1.54) is 0 Å². The number of allylic oxidation sites excluding steroid dienone is 1. The maximum Gasteiger partial charge on any atom is 0.307 e. The highest BCUT2D eigenvalue weighted by Gasteiger charge is 2.35. The van der Waals surface area contributed by atoms with E-state index < -0.39 is 18.3 Å². The highest BCUT2D eigenvalue weighted by Crippen LogP contribution is 2.43. The Kier molecular flexibility index (Phi) is 10.5. The zero-order valence-electron chi connectivity index (χ0n) is 29.1. The fourth-order valence-corrected chi connectivity index (χ4v) is 7.04. The lowest BCUT2D eigenvalue weighted by atomic mass is 9.84. The van der Waals surface area contributed by atoms with Gasteiger partial charge in [0.2, 0.25) is 5.91 Å². The molecule has 2 unspecified atom stereocenters. The Hall–Kier alpha value is -5.03. The van der Waals surface area contributed by atoms with Gasteiger partial charge in [-0.1, -0.05) is 26.5 Å². The van der Waals surface area contributed by atoms with E-state index >= 15 is 0 Å². The van der Waals surface area contributed by atoms with Crippen molar-refractivity contribution >= 4 is 57.1 Å². The van der Waals surface area contributed by atoms with Crippen LogP contribution in [0.5, 0.6) is 0 Å². The predicted octanol–water partition coefficient (Wildman–Crippen LogP) is 5.61. The quantitative estimate of drug-likeness (QED) is 0.144. The van der Waals surface area contributed by atoms with Gasteiger partial charge in [-0.15, -0.1) is 0 Å². The molecule has 2 amide bonds. The molecule has 0 radical (unpaired) electrons. The summed E-state index contributed by atoms with van der Waals surface area (Å²) in [6.45, 7) is 14.3. The molecular formula is C38H46N6O5. The van der Waals surface area contributed by atoms with Gasteiger partial charge in [0.1, 0.15) is 0 Å². The third kappa shape index (κ3) is 6.80. The standard InChI is InChI=1S/C38H46N6O5/c1-8-23-19(3)27-16-29-21(5)25(11-12-33(46)39-7)36(43-29)26(15-34(47)48)37-35(38(49)40-13-10-14-45)22(6)30(44-37)18-32-24(9-2)20(4)28(42-32)17-31(23)41-27/h8,16-18,21,25,41-42,45H,1,9-15H2,2-7H3,(H,39,46)(H,40,49)(H,47,48). The molecule has 0 aromatic carbocycles. The number of carboxylic acids is 1. The molecule has 2 aliphatic rings. The van der Waals surface area contributed by atoms with Gasteiger partial charge in [0, 0.05) is 77.3 Å². The first kappa shape index (κ1) is 35.3. The van der Waals surface area contributed by atoms with Crippen LogP contribution in [0.25, 0.3) is 39.3 Å². The molecule has 3 aromatic rings. The molecule has 11 nitrogen and oxygen atoms in total. The number of nitrogens with one attached hydrogen (secondary N) is 4. The summed E-state index contributed by atoms with van der Waals surface area (Å²) in [5, 5.41) is 25.2. The van der Waals surface area contributed by atoms with Crippen LogP contribution < -0.4 is 10.6 Å². The van der Waals surface area contributed by atoms with E-state index in [4.69, 9.17) is 9.97 Å². The zero-order chi connectivity index (χ0) is 35.6. The summed E-state index contributed by atoms with van der Waals surface area (Å²) in [4.78, 5) is 56.2. The molecule has 2 atom stereocenters. The van der Waals surface area contributed by atoms with E-state index in [0.29, 0.717) is 35.4 Å². The van der Waals surface area contributed by atoms with Crippen LogP contribution in [-0.4, -0.2) is 68.1 Å². The molecule has 3 aromatic heterocycles. The largest absolute Gasteiger partial charge is 0.481 e. The Labute approximate surface area is 286 Å². The summed E-state index contributed by atoms with van der Waals surface area (Å²) >= 11 is 0. The van der Waals surface area contributed by atoms with Crippen molar-refractivity contribution in [1.82, 2.24) is 30.6 Å². The molecule has 5 rings (SSSR count). The Morgan fingerprint density at radius 3 is 2.37 bits per heavy atom. The van der Waals surface area contributed by atoms with Crippen molar-refractivity contribution in [2.45, 2.75) is 78.6 Å². The number of hydrogen-bond donors (Lipinski definition) is 6. The summed E-state index contributed by atoms with van der Waals surface area (Å²) in [6.07, 6.45) is 3.16. The fourth-order valence-electron chi connectivity index (χ4n) is 7.04. The summed E-state index contributed by atoms with van der Waals surface area (Å²) in [7, 11) is 1.59. The average Bonchev–Trinajstić information content (AvgIpc) is 3.75. The minimum absolute atomic E-state index is 0.0844. The van der Waals surface area contributed by atoms with Gasteiger partial charge in [0.15, 0.2) is 0 Å². The first-order valence-electron chi connectivity index (χ1n) is 16.8. The lowest BCUT2D eigenvalue weighted by molar-refractivity contribution is -0.136. The number of H-pyrrole nitrogens is 2. The van der Waals surface area contributed by atoms with Gasteiger partial charge in [0.25, 0.3) is 5.91 Å². The van der Waals surface area contributed by atoms with Gasteiger partial charge in [-0.05, 0) is 80.5 Å². The van der Waals surface area contributed by atoms with Crippen LogP contribution >= 0.6 is 0 Å². The smallest absolute Gasteiger partial charge is 0.307 e. The Morgan fingerprint density at radius 1 is 1.00 bits per heavy atom. The number of carbonyl (C=O) groups is 3. The Balaban J connectivity index is 1.98. The highest BCUT2D eigenvalue weighted by molar-refractivity contribution is 6.27. The first-order chi connectivity index (χ1) is 23.4. The van der Waals surface area contributed by atoms with Gasteiger partial charge in [-0.3, -0.25) is 19.4 Å². The zero-order valence-corrected chi connectivity index (χ0v) is 29.1. The minimum Gasteiger partial charge on any atom is -0.481 e. The number of amides is 2. The predicted molar refractivity (Wildman–Crippen MR) is 193 cm³/mol. The summed E-state index contributed by atoms with van der Waals surface area (Å²) in [6, 6.07) is 5.99. The van der Waals surface area contributed by atoms with Crippen LogP contribution in [0.3, 0.4) is 0 Å². The normalized spacial score (nSPS) is 15.7. The molecule has 0 aliphatic carbocycles. The Morgan fingerprint density at radius 2 is 1.71 bits per heavy atom. The van der Waals surface area contributed by atoms with Crippen LogP contribution in [0.1, 0.15) is 102 Å². The van der Waals surface area contributed by atoms with E-state index in [-0.39, 0.29) is 48.6 Å². The van der Waals surface area contributed by atoms with Crippen molar-refractivity contribution in [1.29, 1.82) is 0 Å².